The molecule has 1 unspecified atom stereocenters. The molecule has 3 fully saturated rings. The lowest BCUT2D eigenvalue weighted by Crippen LogP contribution is -2.63. The first kappa shape index (κ1) is 40.2. The molecule has 56 heavy (non-hydrogen) atoms. The molecule has 2 aliphatic carbocycles. The quantitative estimate of drug-likeness (QED) is 0.267. The number of carbonyl (C=O) groups excluding carboxylic acids is 1. The third-order valence-corrected chi connectivity index (χ3v) is 16.5. The fourth-order valence-electron chi connectivity index (χ4n) is 10.4. The second-order valence-electron chi connectivity index (χ2n) is 18.4. The van der Waals surface area contributed by atoms with Crippen molar-refractivity contribution in [2.24, 2.45) is 23.7 Å². The maximum atomic E-state index is 14.2. The Morgan fingerprint density at radius 3 is 2.77 bits per heavy atom. The van der Waals surface area contributed by atoms with Crippen molar-refractivity contribution < 1.29 is 23.2 Å². The number of fused-ring (bicyclic) bond motifs is 5. The largest absolute Gasteiger partial charge is 0.490 e. The highest BCUT2D eigenvalue weighted by Gasteiger charge is 2.51. The molecule has 4 heterocycles. The van der Waals surface area contributed by atoms with Gasteiger partial charge in [-0.25, -0.2) is 4.21 Å². The Morgan fingerprint density at radius 2 is 1.96 bits per heavy atom. The van der Waals surface area contributed by atoms with Crippen LogP contribution in [0.4, 0.5) is 5.69 Å². The monoisotopic (exact) mass is 806 g/mol. The lowest BCUT2D eigenvalue weighted by molar-refractivity contribution is -0.130. The number of hydrogen-bond acceptors (Lipinski definition) is 8. The summed E-state index contributed by atoms with van der Waals surface area (Å²) in [5.41, 5.74) is 3.28. The van der Waals surface area contributed by atoms with E-state index >= 15 is 0 Å². The standard InChI is InChI=1S/C45H63ClN4O5S/c1-31(2)26-55-45(29-48-18-19-49-20-21-53-27-38(49)25-48)17-6-8-32(3)33(4)56(5,52)47-43(51)35-11-15-42-41(23-35)50(24-36-10-13-40(36)45)28-44(30-54-42)16-7-9-34-22-37(46)12-14-39(34)44/h6,11-12,14-15,17,22-23,31-33,36,38,40H,5,7-10,13,16,18-21,24-30H2,1-4H3,(H,47,51,52)/b17-6+/t32-,33+,36-,38-,40+,44-,45+,56?/m0/s1. The number of piperazine rings is 1. The number of nitrogens with one attached hydrogen (secondary N) is 1. The number of amides is 1. The van der Waals surface area contributed by atoms with Crippen molar-refractivity contribution in [3.63, 3.8) is 0 Å². The normalized spacial score (nSPS) is 36.0. The average Bonchev–Trinajstić information content (AvgIpc) is 3.31. The zero-order chi connectivity index (χ0) is 39.2. The molecule has 0 radical (unpaired) electrons. The van der Waals surface area contributed by atoms with Crippen LogP contribution in [0.25, 0.3) is 0 Å². The van der Waals surface area contributed by atoms with E-state index in [1.807, 2.05) is 31.2 Å². The van der Waals surface area contributed by atoms with Gasteiger partial charge in [-0.15, -0.1) is 0 Å². The maximum Gasteiger partial charge on any atom is 0.262 e. The molecule has 8 rings (SSSR count). The first-order chi connectivity index (χ1) is 26.8. The van der Waals surface area contributed by atoms with E-state index in [-0.39, 0.29) is 22.5 Å². The predicted molar refractivity (Wildman–Crippen MR) is 228 cm³/mol. The molecule has 2 aromatic carbocycles. The first-order valence-corrected chi connectivity index (χ1v) is 23.4. The van der Waals surface area contributed by atoms with Crippen molar-refractivity contribution in [2.75, 3.05) is 77.1 Å². The number of ether oxygens (including phenoxy) is 3. The highest BCUT2D eigenvalue weighted by atomic mass is 35.5. The molecule has 11 heteroatoms. The Morgan fingerprint density at radius 1 is 1.11 bits per heavy atom. The summed E-state index contributed by atoms with van der Waals surface area (Å²) in [6.45, 7) is 17.8. The number of hydrogen-bond donors (Lipinski definition) is 1. The molecule has 1 spiro atoms. The minimum Gasteiger partial charge on any atom is -0.490 e. The van der Waals surface area contributed by atoms with Crippen molar-refractivity contribution in [2.45, 2.75) is 88.5 Å². The Labute approximate surface area is 340 Å². The summed E-state index contributed by atoms with van der Waals surface area (Å²) in [5, 5.41) is 0.428. The highest BCUT2D eigenvalue weighted by molar-refractivity contribution is 7.99. The molecular weight excluding hydrogens is 744 g/mol. The van der Waals surface area contributed by atoms with Gasteiger partial charge in [-0.2, -0.15) is 0 Å². The van der Waals surface area contributed by atoms with E-state index in [4.69, 9.17) is 25.8 Å². The number of anilines is 1. The van der Waals surface area contributed by atoms with E-state index in [1.54, 1.807) is 0 Å². The van der Waals surface area contributed by atoms with Gasteiger partial charge < -0.3 is 19.1 Å². The number of rotatable bonds is 5. The summed E-state index contributed by atoms with van der Waals surface area (Å²) >= 11 is 6.56. The summed E-state index contributed by atoms with van der Waals surface area (Å²) in [6.07, 6.45) is 10.7. The number of aryl methyl sites for hydroxylation is 1. The summed E-state index contributed by atoms with van der Waals surface area (Å²) in [6, 6.07) is 12.5. The number of nitrogens with zero attached hydrogens (tertiary/aromatic N) is 3. The van der Waals surface area contributed by atoms with Crippen LogP contribution in [0.15, 0.2) is 48.6 Å². The number of allylic oxidation sites excluding steroid dienone is 1. The van der Waals surface area contributed by atoms with Crippen molar-refractivity contribution in [3.05, 3.63) is 70.3 Å². The summed E-state index contributed by atoms with van der Waals surface area (Å²) in [5.74, 6) is 5.59. The van der Waals surface area contributed by atoms with Gasteiger partial charge in [0.2, 0.25) is 0 Å². The van der Waals surface area contributed by atoms with Gasteiger partial charge in [-0.1, -0.05) is 50.6 Å². The molecular formula is C45H63ClN4O5S. The Kier molecular flexibility index (Phi) is 11.6. The van der Waals surface area contributed by atoms with E-state index in [0.29, 0.717) is 49.0 Å². The van der Waals surface area contributed by atoms with Crippen LogP contribution in [-0.2, 0) is 31.0 Å². The molecule has 1 saturated carbocycles. The molecule has 1 N–H and O–H groups in total. The molecule has 1 amide bonds. The van der Waals surface area contributed by atoms with Crippen molar-refractivity contribution in [1.29, 1.82) is 0 Å². The average molecular weight is 808 g/mol. The second-order valence-corrected chi connectivity index (χ2v) is 21.2. The van der Waals surface area contributed by atoms with Gasteiger partial charge in [-0.3, -0.25) is 19.3 Å². The van der Waals surface area contributed by atoms with Crippen LogP contribution in [0.3, 0.4) is 0 Å². The van der Waals surface area contributed by atoms with Crippen molar-refractivity contribution in [3.8, 4) is 5.75 Å². The Bertz CT molecular complexity index is 1910. The van der Waals surface area contributed by atoms with Crippen LogP contribution in [-0.4, -0.2) is 115 Å². The van der Waals surface area contributed by atoms with Crippen molar-refractivity contribution in [1.82, 2.24) is 14.5 Å². The van der Waals surface area contributed by atoms with Gasteiger partial charge in [0.05, 0.1) is 41.8 Å². The fraction of sp³-hybridized carbons (Fsp3) is 0.644. The first-order valence-electron chi connectivity index (χ1n) is 21.2. The van der Waals surface area contributed by atoms with Crippen LogP contribution in [0.5, 0.6) is 5.75 Å². The molecule has 6 aliphatic rings. The molecule has 2 aromatic rings. The smallest absolute Gasteiger partial charge is 0.262 e. The lowest BCUT2D eigenvalue weighted by atomic mass is 9.63. The molecule has 8 atom stereocenters. The molecule has 9 nitrogen and oxygen atoms in total. The summed E-state index contributed by atoms with van der Waals surface area (Å²) in [4.78, 5) is 21.7. The summed E-state index contributed by atoms with van der Waals surface area (Å²) < 4.78 is 37.1. The highest BCUT2D eigenvalue weighted by Crippen LogP contribution is 2.49. The SMILES string of the molecule is C=S1(=O)NC(=O)c2ccc3c(c2)N(C[C@@H]2CC[C@H]2[C@@](CN2CCN4CCOC[C@@H]4C2)(OCC(C)C)/C=C/C[C@H](C)[C@H]1C)C[C@@]1(CCCc2cc(Cl)ccc21)CO3. The molecule has 2 bridgehead atoms. The van der Waals surface area contributed by atoms with Gasteiger partial charge in [-0.05, 0) is 116 Å². The van der Waals surface area contributed by atoms with Crippen LogP contribution in [0, 0.1) is 23.7 Å². The Balaban J connectivity index is 1.21. The van der Waals surface area contributed by atoms with Crippen molar-refractivity contribution >= 4 is 38.8 Å². The zero-order valence-electron chi connectivity index (χ0n) is 34.0. The summed E-state index contributed by atoms with van der Waals surface area (Å²) in [7, 11) is -2.97. The molecule has 4 aliphatic heterocycles. The van der Waals surface area contributed by atoms with E-state index in [2.05, 4.69) is 70.3 Å². The number of benzene rings is 2. The third kappa shape index (κ3) is 8.04. The van der Waals surface area contributed by atoms with Gasteiger partial charge in [0.25, 0.3) is 5.91 Å². The van der Waals surface area contributed by atoms with E-state index in [1.165, 1.54) is 11.1 Å². The van der Waals surface area contributed by atoms with Gasteiger partial charge >= 0.3 is 0 Å². The Hall–Kier alpha value is -2.60. The van der Waals surface area contributed by atoms with Gasteiger partial charge in [0, 0.05) is 73.1 Å². The predicted octanol–water partition coefficient (Wildman–Crippen LogP) is 6.61. The van der Waals surface area contributed by atoms with Crippen LogP contribution < -0.4 is 14.4 Å². The zero-order valence-corrected chi connectivity index (χ0v) is 35.6. The van der Waals surface area contributed by atoms with Gasteiger partial charge in [0.1, 0.15) is 11.4 Å². The minimum absolute atomic E-state index is 0.0211. The number of morpholine rings is 1. The number of carbonyl (C=O) groups is 1. The number of halogens is 1. The second kappa shape index (κ2) is 16.2. The third-order valence-electron chi connectivity index (χ3n) is 14.1. The van der Waals surface area contributed by atoms with Gasteiger partial charge in [0.15, 0.2) is 0 Å². The topological polar surface area (TPSA) is 83.6 Å². The van der Waals surface area contributed by atoms with Crippen LogP contribution in [0.1, 0.15) is 81.3 Å². The van der Waals surface area contributed by atoms with E-state index in [9.17, 15) is 9.00 Å². The molecule has 2 saturated heterocycles. The fourth-order valence-corrected chi connectivity index (χ4v) is 12.1. The molecule has 0 aromatic heterocycles. The minimum atomic E-state index is -2.97. The van der Waals surface area contributed by atoms with E-state index in [0.717, 1.165) is 108 Å². The van der Waals surface area contributed by atoms with Crippen LogP contribution in [0.2, 0.25) is 5.02 Å². The molecule has 306 valence electrons. The lowest BCUT2D eigenvalue weighted by Gasteiger charge is -2.53. The van der Waals surface area contributed by atoms with E-state index < -0.39 is 15.3 Å². The van der Waals surface area contributed by atoms with Crippen LogP contribution >= 0.6 is 11.6 Å². The maximum absolute atomic E-state index is 14.2.